The van der Waals surface area contributed by atoms with Crippen molar-refractivity contribution in [3.05, 3.63) is 23.9 Å². The van der Waals surface area contributed by atoms with Gasteiger partial charge in [0, 0.05) is 37.6 Å². The zero-order valence-electron chi connectivity index (χ0n) is 14.9. The molecule has 142 valence electrons. The number of carboxylic acid groups (broad SMARTS) is 1. The zero-order chi connectivity index (χ0) is 18.4. The fraction of sp³-hybridized carbons (Fsp3) is 0.632. The van der Waals surface area contributed by atoms with Gasteiger partial charge in [0.15, 0.2) is 0 Å². The minimum Gasteiger partial charge on any atom is -0.481 e. The van der Waals surface area contributed by atoms with E-state index in [4.69, 9.17) is 14.6 Å². The van der Waals surface area contributed by atoms with Gasteiger partial charge in [-0.2, -0.15) is 0 Å². The first-order valence-electron chi connectivity index (χ1n) is 9.31. The lowest BCUT2D eigenvalue weighted by molar-refractivity contribution is -0.144. The lowest BCUT2D eigenvalue weighted by atomic mass is 9.81. The van der Waals surface area contributed by atoms with Gasteiger partial charge in [-0.25, -0.2) is 4.98 Å². The summed E-state index contributed by atoms with van der Waals surface area (Å²) in [7, 11) is 0. The van der Waals surface area contributed by atoms with Crippen LogP contribution in [0.3, 0.4) is 0 Å². The molecule has 7 heteroatoms. The molecule has 2 fully saturated rings. The quantitative estimate of drug-likeness (QED) is 0.805. The van der Waals surface area contributed by atoms with Crippen molar-refractivity contribution in [3.8, 4) is 5.88 Å². The summed E-state index contributed by atoms with van der Waals surface area (Å²) in [5.74, 6) is -0.928. The van der Waals surface area contributed by atoms with Gasteiger partial charge in [-0.05, 0) is 30.9 Å². The van der Waals surface area contributed by atoms with Gasteiger partial charge in [-0.3, -0.25) is 9.59 Å². The minimum absolute atomic E-state index is 0.0698. The van der Waals surface area contributed by atoms with Gasteiger partial charge in [0.05, 0.1) is 19.1 Å². The number of aromatic nitrogens is 1. The molecule has 1 aliphatic heterocycles. The van der Waals surface area contributed by atoms with E-state index in [9.17, 15) is 9.59 Å². The van der Waals surface area contributed by atoms with Crippen molar-refractivity contribution in [2.75, 3.05) is 13.2 Å². The summed E-state index contributed by atoms with van der Waals surface area (Å²) < 4.78 is 11.2. The molecule has 1 amide bonds. The van der Waals surface area contributed by atoms with Crippen molar-refractivity contribution in [1.82, 2.24) is 10.3 Å². The molecule has 2 atom stereocenters. The van der Waals surface area contributed by atoms with E-state index in [0.29, 0.717) is 38.5 Å². The SMILES string of the molecule is O=C(O)C1CCCC(C(=O)NCc2ccnc(OC3CCOCC3)c2)C1. The number of nitrogens with one attached hydrogen (secondary N) is 1. The molecular weight excluding hydrogens is 336 g/mol. The average Bonchev–Trinajstić information content (AvgIpc) is 2.67. The second kappa shape index (κ2) is 8.98. The number of ether oxygens (including phenoxy) is 2. The summed E-state index contributed by atoms with van der Waals surface area (Å²) in [6, 6.07) is 3.69. The van der Waals surface area contributed by atoms with Crippen molar-refractivity contribution >= 4 is 11.9 Å². The Morgan fingerprint density at radius 1 is 1.23 bits per heavy atom. The molecule has 0 spiro atoms. The Hall–Kier alpha value is -2.15. The number of rotatable bonds is 6. The highest BCUT2D eigenvalue weighted by atomic mass is 16.5. The fourth-order valence-corrected chi connectivity index (χ4v) is 3.58. The zero-order valence-corrected chi connectivity index (χ0v) is 14.9. The first-order chi connectivity index (χ1) is 12.6. The third kappa shape index (κ3) is 5.17. The predicted octanol–water partition coefficient (Wildman–Crippen LogP) is 2.15. The maximum atomic E-state index is 12.4. The second-order valence-electron chi connectivity index (χ2n) is 7.05. The number of hydrogen-bond donors (Lipinski definition) is 2. The van der Waals surface area contributed by atoms with E-state index >= 15 is 0 Å². The Balaban J connectivity index is 1.50. The van der Waals surface area contributed by atoms with Crippen molar-refractivity contribution < 1.29 is 24.2 Å². The van der Waals surface area contributed by atoms with E-state index in [0.717, 1.165) is 31.2 Å². The van der Waals surface area contributed by atoms with E-state index < -0.39 is 11.9 Å². The molecule has 0 bridgehead atoms. The maximum absolute atomic E-state index is 12.4. The number of amides is 1. The van der Waals surface area contributed by atoms with Gasteiger partial charge < -0.3 is 19.9 Å². The van der Waals surface area contributed by atoms with Crippen LogP contribution in [0, 0.1) is 11.8 Å². The van der Waals surface area contributed by atoms with Gasteiger partial charge in [-0.15, -0.1) is 0 Å². The summed E-state index contributed by atoms with van der Waals surface area (Å²) in [6.07, 6.45) is 6.14. The standard InChI is InChI=1S/C19H26N2O5/c22-18(14-2-1-3-15(11-14)19(23)24)21-12-13-4-7-20-17(10-13)26-16-5-8-25-9-6-16/h4,7,10,14-16H,1-3,5-6,8-9,11-12H2,(H,21,22)(H,23,24). The molecule has 1 aromatic rings. The molecule has 3 rings (SSSR count). The number of nitrogens with zero attached hydrogens (tertiary/aromatic N) is 1. The van der Waals surface area contributed by atoms with Crippen molar-refractivity contribution in [1.29, 1.82) is 0 Å². The number of hydrogen-bond acceptors (Lipinski definition) is 5. The molecular formula is C19H26N2O5. The molecule has 1 aromatic heterocycles. The number of carbonyl (C=O) groups excluding carboxylic acids is 1. The van der Waals surface area contributed by atoms with E-state index in [1.165, 1.54) is 0 Å². The number of carboxylic acids is 1. The highest BCUT2D eigenvalue weighted by Gasteiger charge is 2.30. The normalized spacial score (nSPS) is 24.0. The lowest BCUT2D eigenvalue weighted by Gasteiger charge is -2.25. The first kappa shape index (κ1) is 18.6. The third-order valence-electron chi connectivity index (χ3n) is 5.12. The number of aliphatic carboxylic acids is 1. The average molecular weight is 362 g/mol. The molecule has 2 unspecified atom stereocenters. The Morgan fingerprint density at radius 3 is 2.77 bits per heavy atom. The summed E-state index contributed by atoms with van der Waals surface area (Å²) in [6.45, 7) is 1.80. The van der Waals surface area contributed by atoms with Crippen LogP contribution >= 0.6 is 0 Å². The molecule has 1 saturated heterocycles. The van der Waals surface area contributed by atoms with Crippen molar-refractivity contribution in [3.63, 3.8) is 0 Å². The molecule has 0 radical (unpaired) electrons. The molecule has 7 nitrogen and oxygen atoms in total. The van der Waals surface area contributed by atoms with Crippen molar-refractivity contribution in [2.45, 2.75) is 51.2 Å². The lowest BCUT2D eigenvalue weighted by Crippen LogP contribution is -2.35. The molecule has 0 aromatic carbocycles. The van der Waals surface area contributed by atoms with Gasteiger partial charge in [-0.1, -0.05) is 6.42 Å². The summed E-state index contributed by atoms with van der Waals surface area (Å²) >= 11 is 0. The van der Waals surface area contributed by atoms with E-state index in [1.54, 1.807) is 6.20 Å². The van der Waals surface area contributed by atoms with Gasteiger partial charge in [0.2, 0.25) is 11.8 Å². The summed E-state index contributed by atoms with van der Waals surface area (Å²) in [5, 5.41) is 12.1. The van der Waals surface area contributed by atoms with Crippen LogP contribution in [0.1, 0.15) is 44.1 Å². The van der Waals surface area contributed by atoms with Crippen LogP contribution in [-0.4, -0.2) is 41.3 Å². The Bertz CT molecular complexity index is 630. The van der Waals surface area contributed by atoms with Crippen LogP contribution in [0.4, 0.5) is 0 Å². The topological polar surface area (TPSA) is 97.8 Å². The Labute approximate surface area is 153 Å². The molecule has 1 saturated carbocycles. The second-order valence-corrected chi connectivity index (χ2v) is 7.05. The molecule has 1 aliphatic carbocycles. The predicted molar refractivity (Wildman–Crippen MR) is 93.6 cm³/mol. The Morgan fingerprint density at radius 2 is 2.00 bits per heavy atom. The smallest absolute Gasteiger partial charge is 0.306 e. The molecule has 2 N–H and O–H groups in total. The number of pyridine rings is 1. The summed E-state index contributed by atoms with van der Waals surface area (Å²) in [4.78, 5) is 27.8. The van der Waals surface area contributed by atoms with Gasteiger partial charge >= 0.3 is 5.97 Å². The third-order valence-corrected chi connectivity index (χ3v) is 5.12. The maximum Gasteiger partial charge on any atom is 0.306 e. The largest absolute Gasteiger partial charge is 0.481 e. The highest BCUT2D eigenvalue weighted by Crippen LogP contribution is 2.29. The monoisotopic (exact) mass is 362 g/mol. The van der Waals surface area contributed by atoms with Gasteiger partial charge in [0.25, 0.3) is 0 Å². The minimum atomic E-state index is -0.800. The van der Waals surface area contributed by atoms with Gasteiger partial charge in [0.1, 0.15) is 6.10 Å². The first-order valence-corrected chi connectivity index (χ1v) is 9.31. The van der Waals surface area contributed by atoms with Crippen LogP contribution in [0.15, 0.2) is 18.3 Å². The molecule has 2 aliphatic rings. The highest BCUT2D eigenvalue weighted by molar-refractivity contribution is 5.80. The Kier molecular flexibility index (Phi) is 6.44. The fourth-order valence-electron chi connectivity index (χ4n) is 3.58. The van der Waals surface area contributed by atoms with Crippen LogP contribution in [0.5, 0.6) is 5.88 Å². The summed E-state index contributed by atoms with van der Waals surface area (Å²) in [5.41, 5.74) is 0.918. The van der Waals surface area contributed by atoms with E-state index in [2.05, 4.69) is 10.3 Å². The van der Waals surface area contributed by atoms with Crippen molar-refractivity contribution in [2.24, 2.45) is 11.8 Å². The van der Waals surface area contributed by atoms with Crippen LogP contribution < -0.4 is 10.1 Å². The van der Waals surface area contributed by atoms with Crippen LogP contribution in [0.25, 0.3) is 0 Å². The molecule has 26 heavy (non-hydrogen) atoms. The van der Waals surface area contributed by atoms with Crippen LogP contribution in [-0.2, 0) is 20.9 Å². The van der Waals surface area contributed by atoms with E-state index in [-0.39, 0.29) is 17.9 Å². The number of carbonyl (C=O) groups is 2. The van der Waals surface area contributed by atoms with E-state index in [1.807, 2.05) is 12.1 Å². The molecule has 2 heterocycles. The van der Waals surface area contributed by atoms with Crippen LogP contribution in [0.2, 0.25) is 0 Å².